The highest BCUT2D eigenvalue weighted by atomic mass is 15.1. The molecule has 0 aliphatic heterocycles. The number of nitrogens with zero attached hydrogens (tertiary/aromatic N) is 2. The molecule has 0 amide bonds. The van der Waals surface area contributed by atoms with E-state index in [2.05, 4.69) is 228 Å². The number of fused-ring (bicyclic) bond motifs is 8. The SMILES string of the molecule is c1ccc(-c2cccc(N(c3ccc(-c4ccc(-n5c6ccccc6c6ccc7ccccc7c65)cc4)cc3)c3ccc4ccc5ccccc5c4c3)c2)cc1. The van der Waals surface area contributed by atoms with Crippen molar-refractivity contribution in [3.05, 3.63) is 218 Å². The molecule has 0 bridgehead atoms. The Balaban J connectivity index is 1.00. The lowest BCUT2D eigenvalue weighted by Gasteiger charge is -2.27. The number of rotatable bonds is 6. The van der Waals surface area contributed by atoms with Gasteiger partial charge in [-0.2, -0.15) is 0 Å². The minimum atomic E-state index is 1.10. The molecule has 1 heterocycles. The number of aromatic nitrogens is 1. The van der Waals surface area contributed by atoms with E-state index in [0.717, 1.165) is 22.7 Å². The van der Waals surface area contributed by atoms with Gasteiger partial charge in [0.05, 0.1) is 11.0 Å². The van der Waals surface area contributed by atoms with Gasteiger partial charge in [-0.05, 0) is 104 Å². The molecular formula is C54H36N2. The minimum Gasteiger partial charge on any atom is -0.310 e. The maximum Gasteiger partial charge on any atom is 0.0619 e. The Morgan fingerprint density at radius 1 is 0.286 bits per heavy atom. The number of hydrogen-bond acceptors (Lipinski definition) is 1. The topological polar surface area (TPSA) is 8.17 Å². The average Bonchev–Trinajstić information content (AvgIpc) is 3.62. The maximum absolute atomic E-state index is 2.42. The molecule has 0 fully saturated rings. The van der Waals surface area contributed by atoms with E-state index < -0.39 is 0 Å². The molecule has 0 spiro atoms. The highest BCUT2D eigenvalue weighted by Crippen LogP contribution is 2.41. The van der Waals surface area contributed by atoms with Gasteiger partial charge in [0, 0.05) is 38.9 Å². The minimum absolute atomic E-state index is 1.10. The zero-order valence-corrected chi connectivity index (χ0v) is 30.7. The number of hydrogen-bond donors (Lipinski definition) is 0. The molecule has 0 radical (unpaired) electrons. The van der Waals surface area contributed by atoms with Crippen LogP contribution in [-0.4, -0.2) is 4.57 Å². The van der Waals surface area contributed by atoms with E-state index in [1.165, 1.54) is 76.4 Å². The van der Waals surface area contributed by atoms with Gasteiger partial charge in [-0.25, -0.2) is 0 Å². The fourth-order valence-electron chi connectivity index (χ4n) is 8.64. The molecule has 0 saturated heterocycles. The summed E-state index contributed by atoms with van der Waals surface area (Å²) in [5.41, 5.74) is 11.7. The molecule has 56 heavy (non-hydrogen) atoms. The molecule has 1 aromatic heterocycles. The highest BCUT2D eigenvalue weighted by Gasteiger charge is 2.17. The molecule has 0 unspecified atom stereocenters. The predicted molar refractivity (Wildman–Crippen MR) is 239 cm³/mol. The molecule has 10 aromatic carbocycles. The van der Waals surface area contributed by atoms with Gasteiger partial charge >= 0.3 is 0 Å². The molecule has 2 heteroatoms. The summed E-state index contributed by atoms with van der Waals surface area (Å²) in [7, 11) is 0. The van der Waals surface area contributed by atoms with E-state index in [9.17, 15) is 0 Å². The number of benzene rings is 10. The lowest BCUT2D eigenvalue weighted by atomic mass is 10.00. The van der Waals surface area contributed by atoms with Crippen molar-refractivity contribution < 1.29 is 0 Å². The standard InChI is InChI=1S/C54H36N2/c1-2-11-37(12-3-1)43-15-10-16-46(35-43)55(47-33-27-42-22-21-40-13-4-6-17-48(40)52(42)36-47)44-29-23-38(24-30-44)39-25-31-45(32-26-39)56-53-20-9-8-19-50(53)51-34-28-41-14-5-7-18-49(41)54(51)56/h1-36H. The van der Waals surface area contributed by atoms with Crippen molar-refractivity contribution in [2.75, 3.05) is 4.90 Å². The smallest absolute Gasteiger partial charge is 0.0619 e. The van der Waals surface area contributed by atoms with Crippen molar-refractivity contribution >= 4 is 71.2 Å². The normalized spacial score (nSPS) is 11.6. The molecule has 0 aliphatic carbocycles. The Bertz CT molecular complexity index is 3230. The van der Waals surface area contributed by atoms with Crippen LogP contribution in [0, 0.1) is 0 Å². The largest absolute Gasteiger partial charge is 0.310 e. The van der Waals surface area contributed by atoms with Crippen LogP contribution >= 0.6 is 0 Å². The Labute approximate surface area is 325 Å². The first-order chi connectivity index (χ1) is 27.8. The van der Waals surface area contributed by atoms with Gasteiger partial charge in [0.15, 0.2) is 0 Å². The van der Waals surface area contributed by atoms with Crippen molar-refractivity contribution in [3.8, 4) is 27.9 Å². The van der Waals surface area contributed by atoms with Crippen LogP contribution in [0.3, 0.4) is 0 Å². The highest BCUT2D eigenvalue weighted by molar-refractivity contribution is 6.18. The summed E-state index contributed by atoms with van der Waals surface area (Å²) in [6.45, 7) is 0. The van der Waals surface area contributed by atoms with Crippen LogP contribution in [0.5, 0.6) is 0 Å². The first-order valence-electron chi connectivity index (χ1n) is 19.3. The fourth-order valence-corrected chi connectivity index (χ4v) is 8.64. The summed E-state index contributed by atoms with van der Waals surface area (Å²) >= 11 is 0. The van der Waals surface area contributed by atoms with Gasteiger partial charge in [-0.3, -0.25) is 0 Å². The Morgan fingerprint density at radius 3 is 1.61 bits per heavy atom. The Hall–Kier alpha value is -7.42. The van der Waals surface area contributed by atoms with Gasteiger partial charge < -0.3 is 9.47 Å². The van der Waals surface area contributed by atoms with E-state index in [1.54, 1.807) is 0 Å². The summed E-state index contributed by atoms with van der Waals surface area (Å²) in [6, 6.07) is 79.4. The van der Waals surface area contributed by atoms with E-state index in [-0.39, 0.29) is 0 Å². The van der Waals surface area contributed by atoms with Crippen LogP contribution < -0.4 is 4.90 Å². The summed E-state index contributed by atoms with van der Waals surface area (Å²) in [5, 5.41) is 10.0. The van der Waals surface area contributed by atoms with E-state index in [1.807, 2.05) is 0 Å². The first kappa shape index (κ1) is 32.0. The Kier molecular flexibility index (Phi) is 7.53. The number of para-hydroxylation sites is 1. The van der Waals surface area contributed by atoms with Gasteiger partial charge in [-0.15, -0.1) is 0 Å². The van der Waals surface area contributed by atoms with Gasteiger partial charge in [0.2, 0.25) is 0 Å². The van der Waals surface area contributed by atoms with Crippen molar-refractivity contribution in [1.82, 2.24) is 4.57 Å². The molecule has 11 rings (SSSR count). The second-order valence-corrected chi connectivity index (χ2v) is 14.6. The van der Waals surface area contributed by atoms with Crippen LogP contribution in [-0.2, 0) is 0 Å². The van der Waals surface area contributed by atoms with Gasteiger partial charge in [0.25, 0.3) is 0 Å². The molecule has 262 valence electrons. The maximum atomic E-state index is 2.42. The zero-order chi connectivity index (χ0) is 37.0. The monoisotopic (exact) mass is 712 g/mol. The lowest BCUT2D eigenvalue weighted by Crippen LogP contribution is -2.10. The molecular weight excluding hydrogens is 677 g/mol. The van der Waals surface area contributed by atoms with Crippen molar-refractivity contribution in [3.63, 3.8) is 0 Å². The number of anilines is 3. The molecule has 11 aromatic rings. The van der Waals surface area contributed by atoms with Crippen molar-refractivity contribution in [1.29, 1.82) is 0 Å². The first-order valence-corrected chi connectivity index (χ1v) is 19.3. The zero-order valence-electron chi connectivity index (χ0n) is 30.7. The third-order valence-electron chi connectivity index (χ3n) is 11.3. The molecule has 0 N–H and O–H groups in total. The average molecular weight is 713 g/mol. The lowest BCUT2D eigenvalue weighted by molar-refractivity contribution is 1.19. The predicted octanol–water partition coefficient (Wildman–Crippen LogP) is 15.0. The third-order valence-corrected chi connectivity index (χ3v) is 11.3. The third kappa shape index (κ3) is 5.34. The van der Waals surface area contributed by atoms with Crippen molar-refractivity contribution in [2.45, 2.75) is 0 Å². The summed E-state index contributed by atoms with van der Waals surface area (Å²) in [5.74, 6) is 0. The van der Waals surface area contributed by atoms with Gasteiger partial charge in [0.1, 0.15) is 0 Å². The van der Waals surface area contributed by atoms with E-state index in [0.29, 0.717) is 0 Å². The second kappa shape index (κ2) is 13.2. The van der Waals surface area contributed by atoms with Crippen molar-refractivity contribution in [2.24, 2.45) is 0 Å². The van der Waals surface area contributed by atoms with E-state index in [4.69, 9.17) is 0 Å². The van der Waals surface area contributed by atoms with Crippen LogP contribution in [0.25, 0.3) is 82.1 Å². The van der Waals surface area contributed by atoms with E-state index >= 15 is 0 Å². The summed E-state index contributed by atoms with van der Waals surface area (Å²) in [6.07, 6.45) is 0. The molecule has 0 atom stereocenters. The quantitative estimate of drug-likeness (QED) is 0.156. The van der Waals surface area contributed by atoms with Gasteiger partial charge in [-0.1, -0.05) is 164 Å². The Morgan fingerprint density at radius 2 is 0.821 bits per heavy atom. The summed E-state index contributed by atoms with van der Waals surface area (Å²) < 4.78 is 2.42. The molecule has 0 aliphatic rings. The summed E-state index contributed by atoms with van der Waals surface area (Å²) in [4.78, 5) is 2.38. The van der Waals surface area contributed by atoms with Crippen LogP contribution in [0.2, 0.25) is 0 Å². The van der Waals surface area contributed by atoms with Crippen LogP contribution in [0.4, 0.5) is 17.1 Å². The molecule has 0 saturated carbocycles. The van der Waals surface area contributed by atoms with Crippen LogP contribution in [0.1, 0.15) is 0 Å². The molecule has 2 nitrogen and oxygen atoms in total. The fraction of sp³-hybridized carbons (Fsp3) is 0. The van der Waals surface area contributed by atoms with Crippen LogP contribution in [0.15, 0.2) is 218 Å². The second-order valence-electron chi connectivity index (χ2n) is 14.6.